The van der Waals surface area contributed by atoms with Crippen molar-refractivity contribution in [2.45, 2.75) is 47.0 Å². The van der Waals surface area contributed by atoms with Gasteiger partial charge < -0.3 is 10.2 Å². The summed E-state index contributed by atoms with van der Waals surface area (Å²) in [5.41, 5.74) is 4.59. The van der Waals surface area contributed by atoms with Crippen LogP contribution in [0.3, 0.4) is 0 Å². The molecule has 2 aliphatic rings. The van der Waals surface area contributed by atoms with Gasteiger partial charge in [0, 0.05) is 27.7 Å². The largest absolute Gasteiger partial charge is 0.322 e. The first-order valence-corrected chi connectivity index (χ1v) is 13.6. The van der Waals surface area contributed by atoms with Gasteiger partial charge in [-0.1, -0.05) is 50.6 Å². The molecule has 0 spiro atoms. The predicted molar refractivity (Wildman–Crippen MR) is 149 cm³/mol. The normalized spacial score (nSPS) is 18.4. The fraction of sp³-hybridized carbons (Fsp3) is 0.345. The Morgan fingerprint density at radius 3 is 2.58 bits per heavy atom. The Labute approximate surface area is 221 Å². The summed E-state index contributed by atoms with van der Waals surface area (Å²) in [5, 5.41) is 4.24. The number of anilines is 2. The Balaban J connectivity index is 1.60. The van der Waals surface area contributed by atoms with Crippen LogP contribution >= 0.6 is 22.9 Å². The maximum Gasteiger partial charge on any atom is 0.277 e. The Bertz CT molecular complexity index is 1370. The van der Waals surface area contributed by atoms with Crippen LogP contribution in [0.25, 0.3) is 0 Å². The van der Waals surface area contributed by atoms with Gasteiger partial charge in [0.1, 0.15) is 10.7 Å². The average Bonchev–Trinajstić information content (AvgIpc) is 3.34. The summed E-state index contributed by atoms with van der Waals surface area (Å²) in [5.74, 6) is 0.205. The summed E-state index contributed by atoms with van der Waals surface area (Å²) in [6.07, 6.45) is 2.77. The molecule has 1 atom stereocenters. The maximum atomic E-state index is 13.7. The van der Waals surface area contributed by atoms with Crippen molar-refractivity contribution >= 4 is 56.8 Å². The Kier molecular flexibility index (Phi) is 6.52. The van der Waals surface area contributed by atoms with Crippen molar-refractivity contribution in [2.24, 2.45) is 16.3 Å². The first-order valence-electron chi connectivity index (χ1n) is 12.4. The zero-order chi connectivity index (χ0) is 25.6. The molecular formula is C29H30ClN3O2S. The summed E-state index contributed by atoms with van der Waals surface area (Å²) in [6.45, 7) is 9.35. The number of hydrogen-bond donors (Lipinski definition) is 1. The fourth-order valence-electron chi connectivity index (χ4n) is 5.14. The van der Waals surface area contributed by atoms with Gasteiger partial charge >= 0.3 is 0 Å². The van der Waals surface area contributed by atoms with Crippen LogP contribution in [-0.4, -0.2) is 24.1 Å². The second-order valence-electron chi connectivity index (χ2n) is 10.5. The van der Waals surface area contributed by atoms with Gasteiger partial charge in [0.2, 0.25) is 0 Å². The molecule has 2 aromatic carbocycles. The van der Waals surface area contributed by atoms with Crippen LogP contribution in [0.1, 0.15) is 60.5 Å². The Morgan fingerprint density at radius 2 is 1.89 bits per heavy atom. The first kappa shape index (κ1) is 24.7. The first-order chi connectivity index (χ1) is 17.2. The molecule has 2 amide bonds. The molecule has 0 unspecified atom stereocenters. The van der Waals surface area contributed by atoms with E-state index >= 15 is 0 Å². The second-order valence-corrected chi connectivity index (χ2v) is 12.0. The number of amides is 2. The number of thiophene rings is 1. The zero-order valence-electron chi connectivity index (χ0n) is 21.0. The van der Waals surface area contributed by atoms with Crippen LogP contribution < -0.4 is 10.2 Å². The van der Waals surface area contributed by atoms with Gasteiger partial charge in [0.05, 0.1) is 11.3 Å². The number of nitrogens with one attached hydrogen (secondary N) is 1. The number of likely N-dealkylation sites (N-methyl/N-ethyl adjacent to an activating group) is 1. The van der Waals surface area contributed by atoms with Crippen LogP contribution in [0.2, 0.25) is 5.02 Å². The van der Waals surface area contributed by atoms with Crippen molar-refractivity contribution < 1.29 is 9.59 Å². The lowest BCUT2D eigenvalue weighted by Gasteiger charge is -2.33. The zero-order valence-corrected chi connectivity index (χ0v) is 22.6. The summed E-state index contributed by atoms with van der Waals surface area (Å²) in [7, 11) is 0. The molecule has 1 aromatic heterocycles. The number of fused-ring (bicyclic) bond motifs is 2. The number of halogens is 1. The smallest absolute Gasteiger partial charge is 0.277 e. The van der Waals surface area contributed by atoms with Crippen molar-refractivity contribution in [3.05, 3.63) is 75.1 Å². The van der Waals surface area contributed by atoms with E-state index in [-0.39, 0.29) is 17.2 Å². The molecule has 0 saturated heterocycles. The van der Waals surface area contributed by atoms with Crippen molar-refractivity contribution in [1.29, 1.82) is 0 Å². The molecule has 1 aliphatic heterocycles. The lowest BCUT2D eigenvalue weighted by molar-refractivity contribution is -0.112. The molecular weight excluding hydrogens is 490 g/mol. The molecule has 0 saturated carbocycles. The quantitative estimate of drug-likeness (QED) is 0.393. The third-order valence-corrected chi connectivity index (χ3v) is 8.63. The van der Waals surface area contributed by atoms with Crippen molar-refractivity contribution in [3.8, 4) is 0 Å². The van der Waals surface area contributed by atoms with E-state index in [1.807, 2.05) is 31.2 Å². The highest BCUT2D eigenvalue weighted by Gasteiger charge is 2.36. The number of para-hydroxylation sites is 1. The standard InChI is InChI=1S/C29H30ClN3O2S/c1-5-33-22-9-7-6-8-20(22)25(28(33)35)32-27-24(26(34)31-19-13-11-18(30)12-14-19)21-15-10-17(29(2,3)4)16-23(21)36-27/h6-9,11-14,17H,5,10,15-16H2,1-4H3,(H,31,34)/t17-/m1/s1. The molecule has 0 fully saturated rings. The van der Waals surface area contributed by atoms with Crippen molar-refractivity contribution in [1.82, 2.24) is 0 Å². The van der Waals surface area contributed by atoms with Gasteiger partial charge in [-0.15, -0.1) is 11.3 Å². The van der Waals surface area contributed by atoms with Crippen LogP contribution in [0.15, 0.2) is 53.5 Å². The maximum absolute atomic E-state index is 13.7. The molecule has 3 aromatic rings. The van der Waals surface area contributed by atoms with E-state index in [1.165, 1.54) is 4.88 Å². The van der Waals surface area contributed by atoms with Crippen LogP contribution in [0, 0.1) is 11.3 Å². The lowest BCUT2D eigenvalue weighted by atomic mass is 9.72. The fourth-order valence-corrected chi connectivity index (χ4v) is 6.56. The predicted octanol–water partition coefficient (Wildman–Crippen LogP) is 7.29. The van der Waals surface area contributed by atoms with Crippen LogP contribution in [-0.2, 0) is 17.6 Å². The minimum Gasteiger partial charge on any atom is -0.322 e. The number of carbonyl (C=O) groups excluding carboxylic acids is 2. The molecule has 0 radical (unpaired) electrons. The van der Waals surface area contributed by atoms with Gasteiger partial charge in [-0.3, -0.25) is 9.59 Å². The second kappa shape index (κ2) is 9.49. The average molecular weight is 520 g/mol. The summed E-state index contributed by atoms with van der Waals surface area (Å²) < 4.78 is 0. The lowest BCUT2D eigenvalue weighted by Crippen LogP contribution is -2.29. The van der Waals surface area contributed by atoms with E-state index in [4.69, 9.17) is 16.6 Å². The van der Waals surface area contributed by atoms with Crippen molar-refractivity contribution in [3.63, 3.8) is 0 Å². The molecule has 1 N–H and O–H groups in total. The highest BCUT2D eigenvalue weighted by molar-refractivity contribution is 7.16. The third kappa shape index (κ3) is 4.48. The molecule has 5 nitrogen and oxygen atoms in total. The van der Waals surface area contributed by atoms with Gasteiger partial charge in [-0.2, -0.15) is 0 Å². The monoisotopic (exact) mass is 519 g/mol. The number of carbonyl (C=O) groups is 2. The molecule has 5 rings (SSSR count). The number of nitrogens with zero attached hydrogens (tertiary/aromatic N) is 2. The van der Waals surface area contributed by atoms with E-state index in [0.29, 0.717) is 39.4 Å². The highest BCUT2D eigenvalue weighted by atomic mass is 35.5. The van der Waals surface area contributed by atoms with Gasteiger partial charge in [-0.25, -0.2) is 4.99 Å². The molecule has 7 heteroatoms. The summed E-state index contributed by atoms with van der Waals surface area (Å²) in [6, 6.07) is 14.8. The number of benzene rings is 2. The molecule has 0 bridgehead atoms. The van der Waals surface area contributed by atoms with E-state index in [0.717, 1.165) is 36.1 Å². The minimum absolute atomic E-state index is 0.123. The Morgan fingerprint density at radius 1 is 1.17 bits per heavy atom. The van der Waals surface area contributed by atoms with Gasteiger partial charge in [0.15, 0.2) is 0 Å². The van der Waals surface area contributed by atoms with E-state index in [1.54, 1.807) is 40.5 Å². The van der Waals surface area contributed by atoms with E-state index < -0.39 is 0 Å². The number of hydrogen-bond acceptors (Lipinski definition) is 4. The summed E-state index contributed by atoms with van der Waals surface area (Å²) >= 11 is 7.58. The van der Waals surface area contributed by atoms with Crippen molar-refractivity contribution in [2.75, 3.05) is 16.8 Å². The van der Waals surface area contributed by atoms with E-state index in [9.17, 15) is 9.59 Å². The number of rotatable bonds is 4. The minimum atomic E-state index is -0.200. The summed E-state index contributed by atoms with van der Waals surface area (Å²) in [4.78, 5) is 34.8. The topological polar surface area (TPSA) is 61.8 Å². The van der Waals surface area contributed by atoms with Crippen LogP contribution in [0.5, 0.6) is 0 Å². The highest BCUT2D eigenvalue weighted by Crippen LogP contribution is 2.46. The van der Waals surface area contributed by atoms with Crippen LogP contribution in [0.4, 0.5) is 16.4 Å². The van der Waals surface area contributed by atoms with Gasteiger partial charge in [-0.05, 0) is 73.4 Å². The molecule has 2 heterocycles. The molecule has 1 aliphatic carbocycles. The van der Waals surface area contributed by atoms with E-state index in [2.05, 4.69) is 26.1 Å². The Hall–Kier alpha value is -2.96. The molecule has 36 heavy (non-hydrogen) atoms. The SMILES string of the molecule is CCN1C(=O)C(=Nc2sc3c(c2C(=O)Nc2ccc(Cl)cc2)CC[C@@H](C(C)(C)C)C3)c2ccccc21. The third-order valence-electron chi connectivity index (χ3n) is 7.23. The van der Waals surface area contributed by atoms with Gasteiger partial charge in [0.25, 0.3) is 11.8 Å². The number of aliphatic imine (C=N–C) groups is 1. The molecule has 186 valence electrons.